The monoisotopic (exact) mass is 320 g/mol. The van der Waals surface area contributed by atoms with Crippen molar-refractivity contribution in [1.82, 2.24) is 4.90 Å². The molecular formula is C17H24N2O2S. The Hall–Kier alpha value is -1.33. The highest BCUT2D eigenvalue weighted by molar-refractivity contribution is 7.99. The molecule has 120 valence electrons. The second-order valence-electron chi connectivity index (χ2n) is 5.92. The number of amides is 1. The number of nitrogens with zero attached hydrogens (tertiary/aromatic N) is 1. The van der Waals surface area contributed by atoms with E-state index >= 15 is 0 Å². The zero-order chi connectivity index (χ0) is 16.1. The number of ketones is 1. The molecule has 1 aliphatic rings. The van der Waals surface area contributed by atoms with Crippen molar-refractivity contribution in [3.63, 3.8) is 0 Å². The normalized spacial score (nSPS) is 21.1. The lowest BCUT2D eigenvalue weighted by Crippen LogP contribution is -2.36. The molecule has 1 aromatic carbocycles. The first kappa shape index (κ1) is 17.0. The zero-order valence-corrected chi connectivity index (χ0v) is 14.3. The van der Waals surface area contributed by atoms with Crippen LogP contribution < -0.4 is 5.32 Å². The van der Waals surface area contributed by atoms with Crippen LogP contribution in [0.2, 0.25) is 0 Å². The van der Waals surface area contributed by atoms with E-state index in [0.717, 1.165) is 18.1 Å². The number of anilines is 1. The second kappa shape index (κ2) is 7.79. The van der Waals surface area contributed by atoms with Crippen molar-refractivity contribution in [2.45, 2.75) is 37.5 Å². The summed E-state index contributed by atoms with van der Waals surface area (Å²) in [4.78, 5) is 25.7. The molecule has 1 N–H and O–H groups in total. The largest absolute Gasteiger partial charge is 0.325 e. The fourth-order valence-corrected chi connectivity index (χ4v) is 3.69. The van der Waals surface area contributed by atoms with Crippen LogP contribution in [-0.4, -0.2) is 47.7 Å². The van der Waals surface area contributed by atoms with Crippen molar-refractivity contribution in [3.05, 3.63) is 29.8 Å². The minimum Gasteiger partial charge on any atom is -0.325 e. The fraction of sp³-hybridized carbons (Fsp3) is 0.529. The summed E-state index contributed by atoms with van der Waals surface area (Å²) in [6, 6.07) is 7.57. The number of thioether (sulfide) groups is 1. The van der Waals surface area contributed by atoms with E-state index in [9.17, 15) is 9.59 Å². The van der Waals surface area contributed by atoms with Gasteiger partial charge >= 0.3 is 0 Å². The van der Waals surface area contributed by atoms with E-state index in [1.54, 1.807) is 18.2 Å². The highest BCUT2D eigenvalue weighted by Crippen LogP contribution is 2.30. The molecule has 2 rings (SSSR count). The maximum Gasteiger partial charge on any atom is 0.238 e. The molecule has 0 saturated heterocycles. The summed E-state index contributed by atoms with van der Waals surface area (Å²) in [6.45, 7) is 1.91. The van der Waals surface area contributed by atoms with Gasteiger partial charge in [0.25, 0.3) is 0 Å². The predicted molar refractivity (Wildman–Crippen MR) is 92.6 cm³/mol. The Morgan fingerprint density at radius 2 is 2.14 bits per heavy atom. The molecule has 1 amide bonds. The Bertz CT molecular complexity index is 547. The van der Waals surface area contributed by atoms with Gasteiger partial charge in [-0.3, -0.25) is 14.5 Å². The molecule has 0 radical (unpaired) electrons. The van der Waals surface area contributed by atoms with E-state index in [2.05, 4.69) is 16.5 Å². The Morgan fingerprint density at radius 3 is 2.77 bits per heavy atom. The van der Waals surface area contributed by atoms with E-state index < -0.39 is 0 Å². The number of benzene rings is 1. The summed E-state index contributed by atoms with van der Waals surface area (Å²) >= 11 is 1.92. The summed E-state index contributed by atoms with van der Waals surface area (Å²) in [5, 5.41) is 3.60. The van der Waals surface area contributed by atoms with Gasteiger partial charge in [0.05, 0.1) is 6.54 Å². The number of hydrogen-bond donors (Lipinski definition) is 1. The van der Waals surface area contributed by atoms with E-state index in [4.69, 9.17) is 0 Å². The quantitative estimate of drug-likeness (QED) is 0.819. The van der Waals surface area contributed by atoms with Gasteiger partial charge in [0.2, 0.25) is 5.91 Å². The van der Waals surface area contributed by atoms with Crippen molar-refractivity contribution in [3.8, 4) is 0 Å². The number of carbonyl (C=O) groups excluding carboxylic acids is 2. The van der Waals surface area contributed by atoms with Crippen LogP contribution in [0.4, 0.5) is 5.69 Å². The SMILES string of the molecule is CSC1CCC(N(C)CC(=O)Nc2cccc(C(C)=O)c2)C1. The average molecular weight is 320 g/mol. The van der Waals surface area contributed by atoms with Gasteiger partial charge in [-0.15, -0.1) is 0 Å². The van der Waals surface area contributed by atoms with Crippen molar-refractivity contribution in [2.75, 3.05) is 25.2 Å². The molecule has 0 heterocycles. The third kappa shape index (κ3) is 4.58. The maximum atomic E-state index is 12.2. The molecule has 1 aliphatic carbocycles. The van der Waals surface area contributed by atoms with Crippen molar-refractivity contribution < 1.29 is 9.59 Å². The van der Waals surface area contributed by atoms with Crippen LogP contribution >= 0.6 is 11.8 Å². The summed E-state index contributed by atoms with van der Waals surface area (Å²) in [5.41, 5.74) is 1.30. The van der Waals surface area contributed by atoms with Crippen molar-refractivity contribution in [1.29, 1.82) is 0 Å². The molecule has 2 unspecified atom stereocenters. The van der Waals surface area contributed by atoms with Crippen LogP contribution in [0, 0.1) is 0 Å². The molecule has 1 saturated carbocycles. The van der Waals surface area contributed by atoms with Crippen LogP contribution in [0.25, 0.3) is 0 Å². The molecule has 4 nitrogen and oxygen atoms in total. The summed E-state index contributed by atoms with van der Waals surface area (Å²) < 4.78 is 0. The van der Waals surface area contributed by atoms with Gasteiger partial charge in [0.15, 0.2) is 5.78 Å². The topological polar surface area (TPSA) is 49.4 Å². The number of carbonyl (C=O) groups is 2. The molecule has 0 aromatic heterocycles. The standard InChI is InChI=1S/C17H24N2O2S/c1-12(20)13-5-4-6-14(9-13)18-17(21)11-19(2)15-7-8-16(10-15)22-3/h4-6,9,15-16H,7-8,10-11H2,1-3H3,(H,18,21). The van der Waals surface area contributed by atoms with Crippen LogP contribution in [0.3, 0.4) is 0 Å². The smallest absolute Gasteiger partial charge is 0.238 e. The van der Waals surface area contributed by atoms with E-state index in [1.807, 2.05) is 24.9 Å². The lowest BCUT2D eigenvalue weighted by molar-refractivity contribution is -0.117. The maximum absolute atomic E-state index is 12.2. The summed E-state index contributed by atoms with van der Waals surface area (Å²) in [5.74, 6) is -0.0296. The van der Waals surface area contributed by atoms with E-state index in [-0.39, 0.29) is 11.7 Å². The minimum absolute atomic E-state index is 0.00211. The molecule has 0 aliphatic heterocycles. The third-order valence-electron chi connectivity index (χ3n) is 4.26. The summed E-state index contributed by atoms with van der Waals surface area (Å²) in [6.07, 6.45) is 5.71. The first-order valence-electron chi connectivity index (χ1n) is 7.63. The number of hydrogen-bond acceptors (Lipinski definition) is 4. The van der Waals surface area contributed by atoms with Gasteiger partial charge in [0.1, 0.15) is 0 Å². The molecule has 1 fully saturated rings. The van der Waals surface area contributed by atoms with Gasteiger partial charge in [-0.1, -0.05) is 12.1 Å². The van der Waals surface area contributed by atoms with Crippen LogP contribution in [0.15, 0.2) is 24.3 Å². The van der Waals surface area contributed by atoms with Gasteiger partial charge in [0, 0.05) is 22.5 Å². The molecule has 22 heavy (non-hydrogen) atoms. The van der Waals surface area contributed by atoms with E-state index in [1.165, 1.54) is 13.3 Å². The first-order chi connectivity index (χ1) is 10.5. The summed E-state index contributed by atoms with van der Waals surface area (Å²) in [7, 11) is 2.01. The number of rotatable bonds is 6. The van der Waals surface area contributed by atoms with Crippen LogP contribution in [0.1, 0.15) is 36.5 Å². The molecular weight excluding hydrogens is 296 g/mol. The molecule has 5 heteroatoms. The van der Waals surface area contributed by atoms with Crippen molar-refractivity contribution >= 4 is 29.1 Å². The highest BCUT2D eigenvalue weighted by Gasteiger charge is 2.27. The molecule has 1 aromatic rings. The van der Waals surface area contributed by atoms with Gasteiger partial charge in [-0.25, -0.2) is 0 Å². The van der Waals surface area contributed by atoms with Crippen LogP contribution in [0.5, 0.6) is 0 Å². The van der Waals surface area contributed by atoms with Crippen LogP contribution in [-0.2, 0) is 4.79 Å². The fourth-order valence-electron chi connectivity index (χ4n) is 2.90. The Balaban J connectivity index is 1.87. The lowest BCUT2D eigenvalue weighted by atomic mass is 10.1. The van der Waals surface area contributed by atoms with Gasteiger partial charge < -0.3 is 5.32 Å². The van der Waals surface area contributed by atoms with Gasteiger partial charge in [-0.2, -0.15) is 11.8 Å². The number of Topliss-reactive ketones (excluding diaryl/α,β-unsaturated/α-hetero) is 1. The second-order valence-corrected chi connectivity index (χ2v) is 7.06. The highest BCUT2D eigenvalue weighted by atomic mass is 32.2. The molecule has 0 spiro atoms. The molecule has 2 atom stereocenters. The average Bonchev–Trinajstić information content (AvgIpc) is 2.96. The zero-order valence-electron chi connectivity index (χ0n) is 13.5. The number of likely N-dealkylation sites (N-methyl/N-ethyl adjacent to an activating group) is 1. The van der Waals surface area contributed by atoms with E-state index in [0.29, 0.717) is 23.8 Å². The Morgan fingerprint density at radius 1 is 1.36 bits per heavy atom. The number of nitrogens with one attached hydrogen (secondary N) is 1. The first-order valence-corrected chi connectivity index (χ1v) is 8.92. The molecule has 0 bridgehead atoms. The van der Waals surface area contributed by atoms with Crippen molar-refractivity contribution in [2.24, 2.45) is 0 Å². The minimum atomic E-state index is -0.0317. The Kier molecular flexibility index (Phi) is 6.03. The lowest BCUT2D eigenvalue weighted by Gasteiger charge is -2.23. The van der Waals surface area contributed by atoms with Gasteiger partial charge in [-0.05, 0) is 51.6 Å². The predicted octanol–water partition coefficient (Wildman–Crippen LogP) is 3.04. The Labute approximate surface area is 136 Å². The third-order valence-corrected chi connectivity index (χ3v) is 5.35.